The summed E-state index contributed by atoms with van der Waals surface area (Å²) in [6.07, 6.45) is 1.46. The third-order valence-electron chi connectivity index (χ3n) is 1.30. The van der Waals surface area contributed by atoms with Crippen LogP contribution in [0.15, 0.2) is 11.4 Å². The molecular weight excluding hydrogens is 192 g/mol. The van der Waals surface area contributed by atoms with Gasteiger partial charge in [0.1, 0.15) is 4.34 Å². The molecule has 3 heteroatoms. The smallest absolute Gasteiger partial charge is 0.108 e. The van der Waals surface area contributed by atoms with E-state index in [2.05, 4.69) is 11.8 Å². The van der Waals surface area contributed by atoms with Crippen molar-refractivity contribution in [1.29, 1.82) is 0 Å². The van der Waals surface area contributed by atoms with Crippen LogP contribution in [0, 0.1) is 11.8 Å². The molecule has 1 heterocycles. The molecule has 64 valence electrons. The lowest BCUT2D eigenvalue weighted by molar-refractivity contribution is 0.290. The van der Waals surface area contributed by atoms with Gasteiger partial charge in [0.15, 0.2) is 0 Å². The van der Waals surface area contributed by atoms with Gasteiger partial charge in [0.05, 0.1) is 5.56 Å². The maximum atomic E-state index is 8.49. The molecule has 0 aliphatic carbocycles. The van der Waals surface area contributed by atoms with Crippen molar-refractivity contribution in [2.45, 2.75) is 12.8 Å². The number of thiophene rings is 1. The maximum Gasteiger partial charge on any atom is 0.108 e. The summed E-state index contributed by atoms with van der Waals surface area (Å²) in [5.41, 5.74) is 0.889. The number of halogens is 1. The molecular formula is C9H9ClOS. The predicted molar refractivity (Wildman–Crippen MR) is 52.5 cm³/mol. The summed E-state index contributed by atoms with van der Waals surface area (Å²) in [7, 11) is 0. The average Bonchev–Trinajstić information content (AvgIpc) is 2.46. The maximum absolute atomic E-state index is 8.49. The van der Waals surface area contributed by atoms with E-state index in [1.54, 1.807) is 0 Å². The molecule has 0 radical (unpaired) electrons. The second-order valence-corrected chi connectivity index (χ2v) is 3.76. The van der Waals surface area contributed by atoms with E-state index in [0.29, 0.717) is 0 Å². The first-order chi connectivity index (χ1) is 5.84. The molecule has 12 heavy (non-hydrogen) atoms. The Labute approximate surface area is 81.0 Å². The highest BCUT2D eigenvalue weighted by atomic mass is 35.5. The van der Waals surface area contributed by atoms with Crippen LogP contribution >= 0.6 is 22.9 Å². The topological polar surface area (TPSA) is 20.2 Å². The van der Waals surface area contributed by atoms with Crippen LogP contribution in [0.4, 0.5) is 0 Å². The van der Waals surface area contributed by atoms with Gasteiger partial charge in [-0.3, -0.25) is 0 Å². The van der Waals surface area contributed by atoms with Crippen LogP contribution in [0.1, 0.15) is 18.4 Å². The molecule has 1 nitrogen and oxygen atoms in total. The van der Waals surface area contributed by atoms with Gasteiger partial charge in [-0.2, -0.15) is 0 Å². The van der Waals surface area contributed by atoms with Gasteiger partial charge in [-0.15, -0.1) is 11.3 Å². The minimum absolute atomic E-state index is 0.200. The molecule has 0 bridgehead atoms. The highest BCUT2D eigenvalue weighted by molar-refractivity contribution is 7.14. The minimum Gasteiger partial charge on any atom is -0.396 e. The molecule has 1 aromatic heterocycles. The summed E-state index contributed by atoms with van der Waals surface area (Å²) in [6.45, 7) is 0.200. The highest BCUT2D eigenvalue weighted by Crippen LogP contribution is 2.21. The Bertz CT molecular complexity index is 295. The normalized spacial score (nSPS) is 9.17. The summed E-state index contributed by atoms with van der Waals surface area (Å²) < 4.78 is 0.742. The minimum atomic E-state index is 0.200. The van der Waals surface area contributed by atoms with Crippen LogP contribution in [0.2, 0.25) is 4.34 Å². The molecule has 0 amide bonds. The first-order valence-corrected chi connectivity index (χ1v) is 4.93. The van der Waals surface area contributed by atoms with Crippen molar-refractivity contribution >= 4 is 22.9 Å². The second kappa shape index (κ2) is 5.21. The lowest BCUT2D eigenvalue weighted by atomic mass is 10.3. The molecule has 0 aliphatic rings. The molecule has 0 saturated heterocycles. The number of hydrogen-bond donors (Lipinski definition) is 1. The van der Waals surface area contributed by atoms with E-state index in [9.17, 15) is 0 Å². The number of aliphatic hydroxyl groups excluding tert-OH is 1. The molecule has 0 unspecified atom stereocenters. The number of unbranched alkanes of at least 4 members (excludes halogenated alkanes) is 1. The van der Waals surface area contributed by atoms with Crippen LogP contribution < -0.4 is 0 Å². The summed E-state index contributed by atoms with van der Waals surface area (Å²) in [6, 6.07) is 1.90. The molecule has 0 fully saturated rings. The van der Waals surface area contributed by atoms with E-state index in [0.717, 1.165) is 22.7 Å². The molecule has 0 aliphatic heterocycles. The van der Waals surface area contributed by atoms with E-state index in [1.165, 1.54) is 11.3 Å². The van der Waals surface area contributed by atoms with Gasteiger partial charge >= 0.3 is 0 Å². The van der Waals surface area contributed by atoms with Crippen LogP contribution in [-0.2, 0) is 0 Å². The molecule has 1 N–H and O–H groups in total. The largest absolute Gasteiger partial charge is 0.396 e. The Balaban J connectivity index is 2.49. The Morgan fingerprint density at radius 2 is 2.42 bits per heavy atom. The second-order valence-electron chi connectivity index (χ2n) is 2.24. The van der Waals surface area contributed by atoms with E-state index >= 15 is 0 Å². The van der Waals surface area contributed by atoms with Crippen molar-refractivity contribution in [1.82, 2.24) is 0 Å². The third-order valence-corrected chi connectivity index (χ3v) is 2.47. The Hall–Kier alpha value is -0.490. The number of hydrogen-bond acceptors (Lipinski definition) is 2. The fraction of sp³-hybridized carbons (Fsp3) is 0.333. The van der Waals surface area contributed by atoms with E-state index < -0.39 is 0 Å². The van der Waals surface area contributed by atoms with Crippen molar-refractivity contribution in [2.24, 2.45) is 0 Å². The van der Waals surface area contributed by atoms with Gasteiger partial charge < -0.3 is 5.11 Å². The Morgan fingerprint density at radius 1 is 1.58 bits per heavy atom. The summed E-state index contributed by atoms with van der Waals surface area (Å²) >= 11 is 7.30. The van der Waals surface area contributed by atoms with Crippen molar-refractivity contribution < 1.29 is 5.11 Å². The SMILES string of the molecule is OCCCC#Cc1ccsc1Cl. The zero-order chi connectivity index (χ0) is 8.81. The van der Waals surface area contributed by atoms with Crippen molar-refractivity contribution in [2.75, 3.05) is 6.61 Å². The Kier molecular flexibility index (Phi) is 4.16. The van der Waals surface area contributed by atoms with Gasteiger partial charge in [-0.05, 0) is 17.9 Å². The predicted octanol–water partition coefficient (Wildman–Crippen LogP) is 2.53. The molecule has 0 spiro atoms. The molecule has 1 aromatic rings. The highest BCUT2D eigenvalue weighted by Gasteiger charge is 1.94. The standard InChI is InChI=1S/C9H9ClOS/c10-9-8(5-7-12-9)4-2-1-3-6-11/h5,7,11H,1,3,6H2. The fourth-order valence-electron chi connectivity index (χ4n) is 0.707. The van der Waals surface area contributed by atoms with E-state index in [4.69, 9.17) is 16.7 Å². The van der Waals surface area contributed by atoms with Crippen molar-refractivity contribution in [3.8, 4) is 11.8 Å². The first kappa shape index (κ1) is 9.60. The van der Waals surface area contributed by atoms with E-state index in [-0.39, 0.29) is 6.61 Å². The van der Waals surface area contributed by atoms with Gasteiger partial charge in [0, 0.05) is 13.0 Å². The number of rotatable bonds is 2. The van der Waals surface area contributed by atoms with Crippen LogP contribution in [0.5, 0.6) is 0 Å². The molecule has 0 atom stereocenters. The van der Waals surface area contributed by atoms with Gasteiger partial charge in [0.2, 0.25) is 0 Å². The quantitative estimate of drug-likeness (QED) is 0.575. The summed E-state index contributed by atoms with van der Waals surface area (Å²) in [4.78, 5) is 0. The van der Waals surface area contributed by atoms with Crippen molar-refractivity contribution in [3.63, 3.8) is 0 Å². The van der Waals surface area contributed by atoms with Gasteiger partial charge in [-0.1, -0.05) is 23.4 Å². The Morgan fingerprint density at radius 3 is 3.00 bits per heavy atom. The monoisotopic (exact) mass is 200 g/mol. The average molecular weight is 201 g/mol. The lowest BCUT2D eigenvalue weighted by Crippen LogP contribution is -1.78. The van der Waals surface area contributed by atoms with Crippen LogP contribution in [-0.4, -0.2) is 11.7 Å². The molecule has 1 rings (SSSR count). The zero-order valence-electron chi connectivity index (χ0n) is 6.51. The van der Waals surface area contributed by atoms with Gasteiger partial charge in [-0.25, -0.2) is 0 Å². The summed E-state index contributed by atoms with van der Waals surface area (Å²) in [5, 5.41) is 10.4. The first-order valence-electron chi connectivity index (χ1n) is 3.67. The third kappa shape index (κ3) is 2.86. The van der Waals surface area contributed by atoms with E-state index in [1.807, 2.05) is 11.4 Å². The summed E-state index contributed by atoms with van der Waals surface area (Å²) in [5.74, 6) is 5.89. The molecule has 0 aromatic carbocycles. The lowest BCUT2D eigenvalue weighted by Gasteiger charge is -1.84. The van der Waals surface area contributed by atoms with Crippen LogP contribution in [0.25, 0.3) is 0 Å². The molecule has 0 saturated carbocycles. The fourth-order valence-corrected chi connectivity index (χ4v) is 1.54. The van der Waals surface area contributed by atoms with Gasteiger partial charge in [0.25, 0.3) is 0 Å². The zero-order valence-corrected chi connectivity index (χ0v) is 8.08. The number of aliphatic hydroxyl groups is 1. The van der Waals surface area contributed by atoms with Crippen molar-refractivity contribution in [3.05, 3.63) is 21.3 Å². The van der Waals surface area contributed by atoms with Crippen LogP contribution in [0.3, 0.4) is 0 Å².